The molecule has 1 aromatic heterocycles. The Labute approximate surface area is 219 Å². The van der Waals surface area contributed by atoms with Gasteiger partial charge in [-0.2, -0.15) is 0 Å². The predicted octanol–water partition coefficient (Wildman–Crippen LogP) is 4.87. The molecule has 190 valence electrons. The van der Waals surface area contributed by atoms with Gasteiger partial charge in [-0.1, -0.05) is 18.2 Å². The van der Waals surface area contributed by atoms with Crippen molar-refractivity contribution in [2.45, 2.75) is 12.5 Å². The smallest absolute Gasteiger partial charge is 0.269 e. The minimum atomic E-state index is -0.477. The van der Waals surface area contributed by atoms with Gasteiger partial charge >= 0.3 is 0 Å². The topological polar surface area (TPSA) is 93.0 Å². The van der Waals surface area contributed by atoms with Crippen LogP contribution in [0.15, 0.2) is 78.7 Å². The van der Waals surface area contributed by atoms with Crippen molar-refractivity contribution in [2.75, 3.05) is 26.7 Å². The van der Waals surface area contributed by atoms with E-state index in [0.717, 1.165) is 23.3 Å². The molecular formula is C28H27N3O5S. The Balaban J connectivity index is 1.52. The molecule has 0 fully saturated rings. The predicted molar refractivity (Wildman–Crippen MR) is 143 cm³/mol. The number of hydrogen-bond acceptors (Lipinski definition) is 6. The average Bonchev–Trinajstić information content (AvgIpc) is 3.40. The number of hydrogen-bond donors (Lipinski definition) is 0. The molecule has 0 saturated carbocycles. The van der Waals surface area contributed by atoms with E-state index in [1.165, 1.54) is 28.0 Å². The number of nitro groups is 1. The summed E-state index contributed by atoms with van der Waals surface area (Å²) in [7, 11) is 1.61. The van der Waals surface area contributed by atoms with Crippen molar-refractivity contribution >= 4 is 34.9 Å². The zero-order valence-corrected chi connectivity index (χ0v) is 21.2. The molecule has 1 aliphatic rings. The standard InChI is InChI=1S/C28H27N3O5S/c1-3-16-29(26(32)13-6-20-4-9-22(10-5-20)31(34)35)19-27(33)30-17-14-25-24(15-18-37-25)28(30)21-7-11-23(36-2)12-8-21/h3-13,15,18,28H,1,14,16-17,19H2,2H3. The van der Waals surface area contributed by atoms with E-state index in [1.54, 1.807) is 42.7 Å². The van der Waals surface area contributed by atoms with E-state index in [1.807, 2.05) is 34.5 Å². The monoisotopic (exact) mass is 517 g/mol. The van der Waals surface area contributed by atoms with Crippen LogP contribution in [-0.4, -0.2) is 53.3 Å². The molecule has 0 aliphatic carbocycles. The molecule has 0 bridgehead atoms. The van der Waals surface area contributed by atoms with E-state index < -0.39 is 4.92 Å². The molecule has 37 heavy (non-hydrogen) atoms. The molecule has 3 aromatic rings. The lowest BCUT2D eigenvalue weighted by molar-refractivity contribution is -0.384. The maximum Gasteiger partial charge on any atom is 0.269 e. The maximum absolute atomic E-state index is 13.6. The van der Waals surface area contributed by atoms with Crippen LogP contribution in [0, 0.1) is 10.1 Å². The number of benzene rings is 2. The molecule has 1 atom stereocenters. The number of nitro benzene ring substituents is 1. The minimum Gasteiger partial charge on any atom is -0.497 e. The minimum absolute atomic E-state index is 0.0240. The number of nitrogens with zero attached hydrogens (tertiary/aromatic N) is 3. The third-order valence-corrected chi connectivity index (χ3v) is 7.22. The molecule has 0 saturated heterocycles. The second-order valence-corrected chi connectivity index (χ2v) is 9.50. The second kappa shape index (κ2) is 11.7. The van der Waals surface area contributed by atoms with Crippen molar-refractivity contribution in [1.82, 2.24) is 9.80 Å². The Morgan fingerprint density at radius 1 is 1.19 bits per heavy atom. The highest BCUT2D eigenvalue weighted by Gasteiger charge is 2.33. The number of thiophene rings is 1. The number of non-ortho nitro benzene ring substituents is 1. The first-order valence-electron chi connectivity index (χ1n) is 11.7. The summed E-state index contributed by atoms with van der Waals surface area (Å²) < 4.78 is 5.29. The van der Waals surface area contributed by atoms with Gasteiger partial charge < -0.3 is 14.5 Å². The van der Waals surface area contributed by atoms with Gasteiger partial charge in [-0.15, -0.1) is 17.9 Å². The van der Waals surface area contributed by atoms with Gasteiger partial charge in [0.25, 0.3) is 5.69 Å². The molecule has 8 nitrogen and oxygen atoms in total. The summed E-state index contributed by atoms with van der Waals surface area (Å²) in [5.74, 6) is 0.239. The van der Waals surface area contributed by atoms with Crippen LogP contribution in [-0.2, 0) is 16.0 Å². The van der Waals surface area contributed by atoms with Gasteiger partial charge in [-0.25, -0.2) is 0 Å². The van der Waals surface area contributed by atoms with Crippen LogP contribution >= 0.6 is 11.3 Å². The van der Waals surface area contributed by atoms with E-state index >= 15 is 0 Å². The van der Waals surface area contributed by atoms with E-state index in [9.17, 15) is 19.7 Å². The normalized spacial score (nSPS) is 14.7. The Bertz CT molecular complexity index is 1310. The highest BCUT2D eigenvalue weighted by Crippen LogP contribution is 2.38. The van der Waals surface area contributed by atoms with Crippen molar-refractivity contribution < 1.29 is 19.2 Å². The molecule has 4 rings (SSSR count). The van der Waals surface area contributed by atoms with Crippen molar-refractivity contribution in [3.8, 4) is 5.75 Å². The zero-order chi connectivity index (χ0) is 26.4. The fourth-order valence-electron chi connectivity index (χ4n) is 4.35. The molecule has 1 aliphatic heterocycles. The van der Waals surface area contributed by atoms with Crippen molar-refractivity contribution in [1.29, 1.82) is 0 Å². The lowest BCUT2D eigenvalue weighted by Crippen LogP contribution is -2.46. The third-order valence-electron chi connectivity index (χ3n) is 6.23. The van der Waals surface area contributed by atoms with E-state index in [0.29, 0.717) is 12.1 Å². The van der Waals surface area contributed by atoms with Gasteiger partial charge in [0.15, 0.2) is 0 Å². The van der Waals surface area contributed by atoms with Crippen LogP contribution in [0.25, 0.3) is 6.08 Å². The Morgan fingerprint density at radius 2 is 1.92 bits per heavy atom. The molecular weight excluding hydrogens is 490 g/mol. The number of rotatable bonds is 9. The highest BCUT2D eigenvalue weighted by atomic mass is 32.1. The quantitative estimate of drug-likeness (QED) is 0.175. The first kappa shape index (κ1) is 25.8. The van der Waals surface area contributed by atoms with Gasteiger partial charge in [0.2, 0.25) is 11.8 Å². The summed E-state index contributed by atoms with van der Waals surface area (Å²) in [6, 6.07) is 15.4. The summed E-state index contributed by atoms with van der Waals surface area (Å²) in [6.45, 7) is 4.40. The highest BCUT2D eigenvalue weighted by molar-refractivity contribution is 7.10. The number of fused-ring (bicyclic) bond motifs is 1. The van der Waals surface area contributed by atoms with Gasteiger partial charge in [-0.05, 0) is 64.9 Å². The molecule has 2 aromatic carbocycles. The number of amides is 2. The Hall–Kier alpha value is -4.24. The van der Waals surface area contributed by atoms with Gasteiger partial charge in [0, 0.05) is 36.2 Å². The molecule has 0 spiro atoms. The summed E-state index contributed by atoms with van der Waals surface area (Å²) in [6.07, 6.45) is 5.29. The lowest BCUT2D eigenvalue weighted by Gasteiger charge is -2.37. The van der Waals surface area contributed by atoms with Gasteiger partial charge in [0.1, 0.15) is 12.3 Å². The molecule has 2 heterocycles. The van der Waals surface area contributed by atoms with Crippen molar-refractivity contribution in [2.24, 2.45) is 0 Å². The van der Waals surface area contributed by atoms with Crippen molar-refractivity contribution in [3.63, 3.8) is 0 Å². The summed E-state index contributed by atoms with van der Waals surface area (Å²) >= 11 is 1.69. The van der Waals surface area contributed by atoms with Crippen LogP contribution in [0.2, 0.25) is 0 Å². The summed E-state index contributed by atoms with van der Waals surface area (Å²) in [5.41, 5.74) is 2.70. The van der Waals surface area contributed by atoms with E-state index in [2.05, 4.69) is 12.6 Å². The SMILES string of the molecule is C=CCN(CC(=O)N1CCc2sccc2C1c1ccc(OC)cc1)C(=O)C=Cc1ccc([N+](=O)[O-])cc1. The van der Waals surface area contributed by atoms with Gasteiger partial charge in [0.05, 0.1) is 18.1 Å². The zero-order valence-electron chi connectivity index (χ0n) is 20.4. The number of ether oxygens (including phenoxy) is 1. The number of carbonyl (C=O) groups excluding carboxylic acids is 2. The lowest BCUT2D eigenvalue weighted by atomic mass is 9.93. The van der Waals surface area contributed by atoms with Crippen LogP contribution < -0.4 is 4.74 Å². The second-order valence-electron chi connectivity index (χ2n) is 8.50. The molecule has 1 unspecified atom stereocenters. The van der Waals surface area contributed by atoms with Crippen LogP contribution in [0.5, 0.6) is 5.75 Å². The summed E-state index contributed by atoms with van der Waals surface area (Å²) in [4.78, 5) is 41.5. The average molecular weight is 518 g/mol. The number of methoxy groups -OCH3 is 1. The largest absolute Gasteiger partial charge is 0.497 e. The maximum atomic E-state index is 13.6. The fraction of sp³-hybridized carbons (Fsp3) is 0.214. The molecule has 2 amide bonds. The fourth-order valence-corrected chi connectivity index (χ4v) is 5.26. The van der Waals surface area contributed by atoms with Crippen molar-refractivity contribution in [3.05, 3.63) is 110 Å². The van der Waals surface area contributed by atoms with Crippen LogP contribution in [0.3, 0.4) is 0 Å². The third kappa shape index (κ3) is 5.95. The van der Waals surface area contributed by atoms with E-state index in [-0.39, 0.29) is 36.6 Å². The Morgan fingerprint density at radius 3 is 2.57 bits per heavy atom. The van der Waals surface area contributed by atoms with Crippen LogP contribution in [0.4, 0.5) is 5.69 Å². The summed E-state index contributed by atoms with van der Waals surface area (Å²) in [5, 5.41) is 12.9. The van der Waals surface area contributed by atoms with Gasteiger partial charge in [-0.3, -0.25) is 19.7 Å². The van der Waals surface area contributed by atoms with Crippen LogP contribution in [0.1, 0.15) is 27.6 Å². The molecule has 9 heteroatoms. The number of carbonyl (C=O) groups is 2. The first-order chi connectivity index (χ1) is 17.9. The molecule has 0 radical (unpaired) electrons. The Kier molecular flexibility index (Phi) is 8.15. The first-order valence-corrected chi connectivity index (χ1v) is 12.6. The van der Waals surface area contributed by atoms with E-state index in [4.69, 9.17) is 4.74 Å². The molecule has 0 N–H and O–H groups in total.